The summed E-state index contributed by atoms with van der Waals surface area (Å²) >= 11 is 0. The highest BCUT2D eigenvalue weighted by Crippen LogP contribution is 2.36. The number of anilines is 2. The maximum absolute atomic E-state index is 11.4. The lowest BCUT2D eigenvalue weighted by Gasteiger charge is -2.24. The number of hydrogen-bond donors (Lipinski definition) is 1. The first kappa shape index (κ1) is 13.6. The number of nitrogens with zero attached hydrogens (tertiary/aromatic N) is 2. The van der Waals surface area contributed by atoms with Crippen LogP contribution in [0.1, 0.15) is 11.1 Å². The second-order valence-corrected chi connectivity index (χ2v) is 5.21. The van der Waals surface area contributed by atoms with E-state index in [1.54, 1.807) is 6.07 Å². The smallest absolute Gasteiger partial charge is 0.293 e. The molecular weight excluding hydrogens is 266 g/mol. The van der Waals surface area contributed by atoms with Crippen molar-refractivity contribution in [1.82, 2.24) is 5.32 Å². The van der Waals surface area contributed by atoms with Gasteiger partial charge in [-0.3, -0.25) is 10.1 Å². The van der Waals surface area contributed by atoms with Gasteiger partial charge in [0.1, 0.15) is 5.69 Å². The summed E-state index contributed by atoms with van der Waals surface area (Å²) < 4.78 is 0. The molecule has 0 fully saturated rings. The summed E-state index contributed by atoms with van der Waals surface area (Å²) in [7, 11) is 0. The Labute approximate surface area is 123 Å². The van der Waals surface area contributed by atoms with Crippen LogP contribution in [-0.4, -0.2) is 18.0 Å². The molecule has 3 rings (SSSR count). The third kappa shape index (κ3) is 2.60. The summed E-state index contributed by atoms with van der Waals surface area (Å²) in [6.07, 6.45) is 0. The number of nitrogens with one attached hydrogen (secondary N) is 1. The van der Waals surface area contributed by atoms with Crippen LogP contribution in [-0.2, 0) is 6.54 Å². The third-order valence-electron chi connectivity index (χ3n) is 3.73. The van der Waals surface area contributed by atoms with Gasteiger partial charge in [-0.2, -0.15) is 0 Å². The predicted octanol–water partition coefficient (Wildman–Crippen LogP) is 3.14. The molecule has 1 heterocycles. The first-order chi connectivity index (χ1) is 10.2. The zero-order valence-corrected chi connectivity index (χ0v) is 11.9. The SMILES string of the molecule is Cc1ccc(N2CCNCc3ccccc32)c([N+](=O)[O-])c1. The molecule has 5 nitrogen and oxygen atoms in total. The number of benzene rings is 2. The molecule has 0 aromatic heterocycles. The van der Waals surface area contributed by atoms with E-state index in [9.17, 15) is 10.1 Å². The highest BCUT2D eigenvalue weighted by atomic mass is 16.6. The predicted molar refractivity (Wildman–Crippen MR) is 83.0 cm³/mol. The highest BCUT2D eigenvalue weighted by Gasteiger charge is 2.23. The maximum Gasteiger partial charge on any atom is 0.293 e. The van der Waals surface area contributed by atoms with Crippen LogP contribution < -0.4 is 10.2 Å². The molecule has 2 aromatic carbocycles. The van der Waals surface area contributed by atoms with Gasteiger partial charge in [-0.05, 0) is 30.2 Å². The molecule has 0 saturated carbocycles. The van der Waals surface area contributed by atoms with Crippen molar-refractivity contribution in [1.29, 1.82) is 0 Å². The first-order valence-electron chi connectivity index (χ1n) is 6.98. The van der Waals surface area contributed by atoms with Gasteiger partial charge in [0, 0.05) is 31.4 Å². The molecule has 2 aromatic rings. The van der Waals surface area contributed by atoms with E-state index in [2.05, 4.69) is 11.4 Å². The van der Waals surface area contributed by atoms with Crippen LogP contribution in [0.2, 0.25) is 0 Å². The molecule has 0 unspecified atom stereocenters. The number of rotatable bonds is 2. The van der Waals surface area contributed by atoms with E-state index in [-0.39, 0.29) is 10.6 Å². The van der Waals surface area contributed by atoms with Crippen molar-refractivity contribution in [2.24, 2.45) is 0 Å². The number of hydrogen-bond acceptors (Lipinski definition) is 4. The van der Waals surface area contributed by atoms with Gasteiger partial charge in [-0.1, -0.05) is 24.3 Å². The fourth-order valence-corrected chi connectivity index (χ4v) is 2.72. The van der Waals surface area contributed by atoms with Crippen molar-refractivity contribution < 1.29 is 4.92 Å². The van der Waals surface area contributed by atoms with Crippen molar-refractivity contribution in [3.8, 4) is 0 Å². The molecule has 0 bridgehead atoms. The molecule has 108 valence electrons. The largest absolute Gasteiger partial charge is 0.334 e. The summed E-state index contributed by atoms with van der Waals surface area (Å²) in [6, 6.07) is 13.4. The van der Waals surface area contributed by atoms with Gasteiger partial charge in [0.2, 0.25) is 0 Å². The quantitative estimate of drug-likeness (QED) is 0.679. The fraction of sp³-hybridized carbons (Fsp3) is 0.250. The van der Waals surface area contributed by atoms with Crippen LogP contribution in [0.5, 0.6) is 0 Å². The second kappa shape index (κ2) is 5.54. The first-order valence-corrected chi connectivity index (χ1v) is 6.98. The molecule has 0 radical (unpaired) electrons. The summed E-state index contributed by atoms with van der Waals surface area (Å²) in [6.45, 7) is 4.15. The molecule has 0 atom stereocenters. The Balaban J connectivity index is 2.14. The van der Waals surface area contributed by atoms with Crippen LogP contribution in [0.15, 0.2) is 42.5 Å². The maximum atomic E-state index is 11.4. The van der Waals surface area contributed by atoms with E-state index in [0.717, 1.165) is 29.9 Å². The lowest BCUT2D eigenvalue weighted by atomic mass is 10.1. The standard InChI is InChI=1S/C16H17N3O2/c1-12-6-7-15(16(10-12)19(20)21)18-9-8-17-11-13-4-2-3-5-14(13)18/h2-7,10,17H,8-9,11H2,1H3. The van der Waals surface area contributed by atoms with Gasteiger partial charge < -0.3 is 10.2 Å². The minimum absolute atomic E-state index is 0.159. The molecule has 1 aliphatic heterocycles. The molecule has 0 aliphatic carbocycles. The van der Waals surface area contributed by atoms with Crippen LogP contribution >= 0.6 is 0 Å². The molecule has 0 spiro atoms. The van der Waals surface area contributed by atoms with E-state index < -0.39 is 0 Å². The lowest BCUT2D eigenvalue weighted by Crippen LogP contribution is -2.25. The van der Waals surface area contributed by atoms with Gasteiger partial charge in [0.15, 0.2) is 0 Å². The number of nitro groups is 1. The van der Waals surface area contributed by atoms with Gasteiger partial charge in [-0.25, -0.2) is 0 Å². The molecular formula is C16H17N3O2. The van der Waals surface area contributed by atoms with E-state index in [4.69, 9.17) is 0 Å². The average Bonchev–Trinajstić information content (AvgIpc) is 2.69. The van der Waals surface area contributed by atoms with Crippen molar-refractivity contribution in [3.05, 3.63) is 63.7 Å². The molecule has 1 aliphatic rings. The monoisotopic (exact) mass is 283 g/mol. The van der Waals surface area contributed by atoms with Crippen molar-refractivity contribution >= 4 is 17.1 Å². The average molecular weight is 283 g/mol. The van der Waals surface area contributed by atoms with Crippen LogP contribution in [0.3, 0.4) is 0 Å². The topological polar surface area (TPSA) is 58.4 Å². The molecule has 1 N–H and O–H groups in total. The van der Waals surface area contributed by atoms with Gasteiger partial charge in [0.25, 0.3) is 5.69 Å². The molecule has 21 heavy (non-hydrogen) atoms. The Hall–Kier alpha value is -2.40. The summed E-state index contributed by atoms with van der Waals surface area (Å²) in [5.74, 6) is 0. The third-order valence-corrected chi connectivity index (χ3v) is 3.73. The highest BCUT2D eigenvalue weighted by molar-refractivity contribution is 5.74. The number of nitro benzene ring substituents is 1. The summed E-state index contributed by atoms with van der Waals surface area (Å²) in [5.41, 5.74) is 3.90. The van der Waals surface area contributed by atoms with Gasteiger partial charge in [-0.15, -0.1) is 0 Å². The number of aryl methyl sites for hydroxylation is 1. The van der Waals surface area contributed by atoms with Crippen LogP contribution in [0.4, 0.5) is 17.1 Å². The van der Waals surface area contributed by atoms with Crippen molar-refractivity contribution in [2.75, 3.05) is 18.0 Å². The molecule has 0 saturated heterocycles. The minimum atomic E-state index is -0.302. The Morgan fingerprint density at radius 3 is 2.81 bits per heavy atom. The van der Waals surface area contributed by atoms with Gasteiger partial charge in [0.05, 0.1) is 4.92 Å². The Kier molecular flexibility index (Phi) is 3.58. The van der Waals surface area contributed by atoms with E-state index in [0.29, 0.717) is 12.2 Å². The summed E-state index contributed by atoms with van der Waals surface area (Å²) in [5, 5.41) is 14.7. The fourth-order valence-electron chi connectivity index (χ4n) is 2.72. The number of para-hydroxylation sites is 1. The Bertz CT molecular complexity index is 685. The van der Waals surface area contributed by atoms with Crippen molar-refractivity contribution in [2.45, 2.75) is 13.5 Å². The summed E-state index contributed by atoms with van der Waals surface area (Å²) in [4.78, 5) is 13.1. The van der Waals surface area contributed by atoms with E-state index in [1.165, 1.54) is 0 Å². The molecule has 0 amide bonds. The van der Waals surface area contributed by atoms with Gasteiger partial charge >= 0.3 is 0 Å². The minimum Gasteiger partial charge on any atom is -0.334 e. The zero-order chi connectivity index (χ0) is 14.8. The zero-order valence-electron chi connectivity index (χ0n) is 11.9. The lowest BCUT2D eigenvalue weighted by molar-refractivity contribution is -0.384. The van der Waals surface area contributed by atoms with Crippen molar-refractivity contribution in [3.63, 3.8) is 0 Å². The normalized spacial score (nSPS) is 14.4. The van der Waals surface area contributed by atoms with Crippen LogP contribution in [0, 0.1) is 17.0 Å². The number of fused-ring (bicyclic) bond motifs is 1. The van der Waals surface area contributed by atoms with Crippen LogP contribution in [0.25, 0.3) is 0 Å². The second-order valence-electron chi connectivity index (χ2n) is 5.21. The Morgan fingerprint density at radius 2 is 2.00 bits per heavy atom. The van der Waals surface area contributed by atoms with E-state index in [1.807, 2.05) is 42.2 Å². The Morgan fingerprint density at radius 1 is 1.19 bits per heavy atom. The van der Waals surface area contributed by atoms with E-state index >= 15 is 0 Å². The molecule has 5 heteroatoms.